The van der Waals surface area contributed by atoms with Crippen LogP contribution in [0.4, 0.5) is 5.69 Å². The van der Waals surface area contributed by atoms with Crippen molar-refractivity contribution in [2.75, 3.05) is 6.54 Å². The molecule has 0 spiro atoms. The number of nitro groups is 1. The van der Waals surface area contributed by atoms with Crippen molar-refractivity contribution in [2.45, 2.75) is 38.9 Å². The average molecular weight is 277 g/mol. The molecule has 1 N–H and O–H groups in total. The van der Waals surface area contributed by atoms with Crippen LogP contribution in [0.15, 0.2) is 24.3 Å². The minimum atomic E-state index is -0.403. The highest BCUT2D eigenvalue weighted by Gasteiger charge is 2.32. The van der Waals surface area contributed by atoms with Crippen molar-refractivity contribution in [3.63, 3.8) is 0 Å². The van der Waals surface area contributed by atoms with E-state index < -0.39 is 4.92 Å². The predicted octanol–water partition coefficient (Wildman–Crippen LogP) is 1.69. The van der Waals surface area contributed by atoms with E-state index in [0.717, 1.165) is 6.42 Å². The van der Waals surface area contributed by atoms with E-state index in [0.29, 0.717) is 18.7 Å². The van der Waals surface area contributed by atoms with Gasteiger partial charge in [-0.1, -0.05) is 32.0 Å². The van der Waals surface area contributed by atoms with Crippen LogP contribution in [-0.4, -0.2) is 34.4 Å². The lowest BCUT2D eigenvalue weighted by atomic mass is 10.1. The Morgan fingerprint density at radius 2 is 2.15 bits per heavy atom. The van der Waals surface area contributed by atoms with Gasteiger partial charge in [0.05, 0.1) is 17.5 Å². The van der Waals surface area contributed by atoms with Gasteiger partial charge in [0, 0.05) is 24.2 Å². The molecule has 2 rings (SSSR count). The molecule has 0 aromatic heterocycles. The molecular weight excluding hydrogens is 258 g/mol. The van der Waals surface area contributed by atoms with Crippen molar-refractivity contribution in [2.24, 2.45) is 0 Å². The summed E-state index contributed by atoms with van der Waals surface area (Å²) in [5, 5.41) is 14.2. The van der Waals surface area contributed by atoms with Crippen LogP contribution in [-0.2, 0) is 11.3 Å². The van der Waals surface area contributed by atoms with E-state index in [1.54, 1.807) is 23.1 Å². The number of nitrogens with one attached hydrogen (secondary N) is 1. The summed E-state index contributed by atoms with van der Waals surface area (Å²) in [4.78, 5) is 24.5. The van der Waals surface area contributed by atoms with Gasteiger partial charge in [-0.2, -0.15) is 0 Å². The van der Waals surface area contributed by atoms with E-state index in [4.69, 9.17) is 0 Å². The van der Waals surface area contributed by atoms with Crippen molar-refractivity contribution >= 4 is 11.6 Å². The summed E-state index contributed by atoms with van der Waals surface area (Å²) in [6.07, 6.45) is 0.748. The maximum atomic E-state index is 12.2. The van der Waals surface area contributed by atoms with E-state index in [2.05, 4.69) is 5.32 Å². The molecule has 0 aliphatic carbocycles. The quantitative estimate of drug-likeness (QED) is 0.656. The molecule has 1 unspecified atom stereocenters. The lowest BCUT2D eigenvalue weighted by molar-refractivity contribution is -0.385. The zero-order chi connectivity index (χ0) is 14.7. The molecule has 20 heavy (non-hydrogen) atoms. The Kier molecular flexibility index (Phi) is 4.34. The SMILES string of the molecule is CC(C)NC1CCN(Cc2ccccc2[N+](=O)[O-])C1=O. The number of likely N-dealkylation sites (tertiary alicyclic amines) is 1. The first-order valence-corrected chi connectivity index (χ1v) is 6.76. The van der Waals surface area contributed by atoms with Gasteiger partial charge in [-0.25, -0.2) is 0 Å². The van der Waals surface area contributed by atoms with Crippen LogP contribution in [0.1, 0.15) is 25.8 Å². The van der Waals surface area contributed by atoms with Gasteiger partial charge < -0.3 is 10.2 Å². The number of carbonyl (C=O) groups is 1. The van der Waals surface area contributed by atoms with Crippen LogP contribution < -0.4 is 5.32 Å². The summed E-state index contributed by atoms with van der Waals surface area (Å²) in [6, 6.07) is 6.64. The Bertz CT molecular complexity index is 516. The highest BCUT2D eigenvalue weighted by Crippen LogP contribution is 2.22. The Labute approximate surface area is 117 Å². The van der Waals surface area contributed by atoms with Crippen LogP contribution in [0.2, 0.25) is 0 Å². The summed E-state index contributed by atoms with van der Waals surface area (Å²) < 4.78 is 0. The average Bonchev–Trinajstić information content (AvgIpc) is 2.71. The summed E-state index contributed by atoms with van der Waals surface area (Å²) >= 11 is 0. The number of para-hydroxylation sites is 1. The van der Waals surface area contributed by atoms with Crippen molar-refractivity contribution in [1.82, 2.24) is 10.2 Å². The number of carbonyl (C=O) groups excluding carboxylic acids is 1. The van der Waals surface area contributed by atoms with Gasteiger partial charge in [0.2, 0.25) is 5.91 Å². The van der Waals surface area contributed by atoms with Gasteiger partial charge in [-0.3, -0.25) is 14.9 Å². The van der Waals surface area contributed by atoms with Crippen molar-refractivity contribution < 1.29 is 9.72 Å². The first-order valence-electron chi connectivity index (χ1n) is 6.76. The Hall–Kier alpha value is -1.95. The molecule has 1 aliphatic rings. The second-order valence-corrected chi connectivity index (χ2v) is 5.31. The Balaban J connectivity index is 2.08. The number of nitro benzene ring substituents is 1. The topological polar surface area (TPSA) is 75.5 Å². The lowest BCUT2D eigenvalue weighted by Gasteiger charge is -2.18. The normalized spacial score (nSPS) is 18.9. The highest BCUT2D eigenvalue weighted by atomic mass is 16.6. The number of rotatable bonds is 5. The molecule has 1 atom stereocenters. The largest absolute Gasteiger partial charge is 0.337 e. The molecule has 0 radical (unpaired) electrons. The molecule has 1 aromatic carbocycles. The zero-order valence-corrected chi connectivity index (χ0v) is 11.7. The third-order valence-corrected chi connectivity index (χ3v) is 3.38. The van der Waals surface area contributed by atoms with E-state index in [9.17, 15) is 14.9 Å². The fourth-order valence-corrected chi connectivity index (χ4v) is 2.48. The third kappa shape index (κ3) is 3.14. The van der Waals surface area contributed by atoms with Crippen LogP contribution >= 0.6 is 0 Å². The molecule has 0 saturated carbocycles. The summed E-state index contributed by atoms with van der Waals surface area (Å²) in [5.41, 5.74) is 0.650. The van der Waals surface area contributed by atoms with Crippen LogP contribution in [0.5, 0.6) is 0 Å². The zero-order valence-electron chi connectivity index (χ0n) is 11.7. The number of hydrogen-bond donors (Lipinski definition) is 1. The van der Waals surface area contributed by atoms with E-state index in [1.165, 1.54) is 6.07 Å². The molecule has 108 valence electrons. The molecule has 1 aliphatic heterocycles. The summed E-state index contributed by atoms with van der Waals surface area (Å²) in [5.74, 6) is 0.0249. The molecule has 6 nitrogen and oxygen atoms in total. The fourth-order valence-electron chi connectivity index (χ4n) is 2.48. The smallest absolute Gasteiger partial charge is 0.274 e. The van der Waals surface area contributed by atoms with E-state index in [-0.39, 0.29) is 23.7 Å². The third-order valence-electron chi connectivity index (χ3n) is 3.38. The Morgan fingerprint density at radius 1 is 1.45 bits per heavy atom. The van der Waals surface area contributed by atoms with Gasteiger partial charge >= 0.3 is 0 Å². The Morgan fingerprint density at radius 3 is 2.80 bits per heavy atom. The standard InChI is InChI=1S/C14H19N3O3/c1-10(2)15-12-7-8-16(14(12)18)9-11-5-3-4-6-13(11)17(19)20/h3-6,10,12,15H,7-9H2,1-2H3. The van der Waals surface area contributed by atoms with Crippen molar-refractivity contribution in [1.29, 1.82) is 0 Å². The van der Waals surface area contributed by atoms with Gasteiger partial charge in [-0.15, -0.1) is 0 Å². The number of amides is 1. The number of nitrogens with zero attached hydrogens (tertiary/aromatic N) is 2. The molecule has 1 heterocycles. The van der Waals surface area contributed by atoms with Crippen LogP contribution in [0, 0.1) is 10.1 Å². The molecule has 1 amide bonds. The predicted molar refractivity (Wildman–Crippen MR) is 75.2 cm³/mol. The maximum Gasteiger partial charge on any atom is 0.274 e. The van der Waals surface area contributed by atoms with Crippen molar-refractivity contribution in [3.8, 4) is 0 Å². The molecule has 6 heteroatoms. The first-order chi connectivity index (χ1) is 9.49. The van der Waals surface area contributed by atoms with Gasteiger partial charge in [0.25, 0.3) is 5.69 Å². The lowest BCUT2D eigenvalue weighted by Crippen LogP contribution is -2.41. The van der Waals surface area contributed by atoms with Gasteiger partial charge in [0.15, 0.2) is 0 Å². The number of benzene rings is 1. The minimum Gasteiger partial charge on any atom is -0.337 e. The molecule has 1 aromatic rings. The molecular formula is C14H19N3O3. The van der Waals surface area contributed by atoms with Crippen LogP contribution in [0.3, 0.4) is 0 Å². The highest BCUT2D eigenvalue weighted by molar-refractivity contribution is 5.84. The van der Waals surface area contributed by atoms with E-state index in [1.807, 2.05) is 13.8 Å². The molecule has 1 fully saturated rings. The maximum absolute atomic E-state index is 12.2. The second-order valence-electron chi connectivity index (χ2n) is 5.31. The molecule has 0 bridgehead atoms. The van der Waals surface area contributed by atoms with Gasteiger partial charge in [-0.05, 0) is 6.42 Å². The van der Waals surface area contributed by atoms with Gasteiger partial charge in [0.1, 0.15) is 0 Å². The van der Waals surface area contributed by atoms with Crippen molar-refractivity contribution in [3.05, 3.63) is 39.9 Å². The monoisotopic (exact) mass is 277 g/mol. The number of hydrogen-bond acceptors (Lipinski definition) is 4. The molecule has 1 saturated heterocycles. The first kappa shape index (κ1) is 14.5. The van der Waals surface area contributed by atoms with Crippen LogP contribution in [0.25, 0.3) is 0 Å². The van der Waals surface area contributed by atoms with E-state index >= 15 is 0 Å². The fraction of sp³-hybridized carbons (Fsp3) is 0.500. The minimum absolute atomic E-state index is 0.0249. The summed E-state index contributed by atoms with van der Waals surface area (Å²) in [6.45, 7) is 4.93. The summed E-state index contributed by atoms with van der Waals surface area (Å²) in [7, 11) is 0. The second kappa shape index (κ2) is 6.00.